The number of carbonyl (C=O) groups is 4. The number of hydrogen-bond donors (Lipinski definition) is 3. The number of terminal acetylenes is 1. The van der Waals surface area contributed by atoms with E-state index in [1.165, 1.54) is 6.08 Å². The maximum absolute atomic E-state index is 12.5. The van der Waals surface area contributed by atoms with Crippen molar-refractivity contribution < 1.29 is 19.2 Å². The van der Waals surface area contributed by atoms with Crippen molar-refractivity contribution in [3.63, 3.8) is 0 Å². The summed E-state index contributed by atoms with van der Waals surface area (Å²) in [5.41, 5.74) is 0.840. The highest BCUT2D eigenvalue weighted by Gasteiger charge is 2.28. The van der Waals surface area contributed by atoms with E-state index in [0.29, 0.717) is 19.3 Å². The predicted octanol–water partition coefficient (Wildman–Crippen LogP) is 0.808. The molecule has 0 unspecified atom stereocenters. The number of piperidine rings is 1. The van der Waals surface area contributed by atoms with Crippen molar-refractivity contribution in [3.8, 4) is 12.3 Å². The van der Waals surface area contributed by atoms with Gasteiger partial charge in [0.25, 0.3) is 0 Å². The van der Waals surface area contributed by atoms with Crippen LogP contribution in [0, 0.1) is 18.3 Å². The first-order chi connectivity index (χ1) is 14.0. The van der Waals surface area contributed by atoms with Crippen molar-refractivity contribution in [2.75, 3.05) is 6.54 Å². The minimum atomic E-state index is -0.976. The lowest BCUT2D eigenvalue weighted by Gasteiger charge is -2.25. The standard InChI is InChI=1S/C22H25N3O4/c1-2-7-19(25-20(27)12-11-16-8-4-3-5-9-16)22(29)24-18(15-26)14-17-10-6-13-23-21(17)28/h1,3-5,8-9,11-12,15,17-19H,6-7,10,13-14H2,(H,23,28)(H,24,29)(H,25,27)/t17-,18-,19-/m0/s1. The third-order valence-electron chi connectivity index (χ3n) is 4.61. The summed E-state index contributed by atoms with van der Waals surface area (Å²) in [5.74, 6) is 0.885. The van der Waals surface area contributed by atoms with Crippen molar-refractivity contribution in [2.45, 2.75) is 37.8 Å². The fourth-order valence-corrected chi connectivity index (χ4v) is 3.08. The van der Waals surface area contributed by atoms with E-state index in [9.17, 15) is 19.2 Å². The van der Waals surface area contributed by atoms with Gasteiger partial charge in [0.1, 0.15) is 12.3 Å². The largest absolute Gasteiger partial charge is 0.356 e. The fourth-order valence-electron chi connectivity index (χ4n) is 3.08. The second kappa shape index (κ2) is 11.4. The Bertz CT molecular complexity index is 798. The molecule has 1 aromatic carbocycles. The Hall–Kier alpha value is -3.40. The van der Waals surface area contributed by atoms with Crippen LogP contribution >= 0.6 is 0 Å². The lowest BCUT2D eigenvalue weighted by Crippen LogP contribution is -2.50. The van der Waals surface area contributed by atoms with Gasteiger partial charge in [0, 0.05) is 25.0 Å². The third kappa shape index (κ3) is 7.26. The number of benzene rings is 1. The van der Waals surface area contributed by atoms with Crippen LogP contribution in [0.15, 0.2) is 36.4 Å². The Morgan fingerprint density at radius 3 is 2.69 bits per heavy atom. The number of nitrogens with one attached hydrogen (secondary N) is 3. The number of amides is 3. The van der Waals surface area contributed by atoms with E-state index in [1.807, 2.05) is 30.3 Å². The van der Waals surface area contributed by atoms with Crippen molar-refractivity contribution in [1.82, 2.24) is 16.0 Å². The second-order valence-corrected chi connectivity index (χ2v) is 6.83. The molecular formula is C22H25N3O4. The molecule has 1 aliphatic heterocycles. The molecule has 7 nitrogen and oxygen atoms in total. The summed E-state index contributed by atoms with van der Waals surface area (Å²) in [6, 6.07) is 7.43. The molecule has 3 amide bonds. The fraction of sp³-hybridized carbons (Fsp3) is 0.364. The van der Waals surface area contributed by atoms with Crippen LogP contribution in [-0.2, 0) is 19.2 Å². The zero-order valence-electron chi connectivity index (χ0n) is 16.1. The molecule has 0 aromatic heterocycles. The summed E-state index contributed by atoms with van der Waals surface area (Å²) in [7, 11) is 0. The Kier molecular flexibility index (Phi) is 8.64. The van der Waals surface area contributed by atoms with Crippen molar-refractivity contribution in [1.29, 1.82) is 0 Å². The Labute approximate surface area is 170 Å². The second-order valence-electron chi connectivity index (χ2n) is 6.83. The molecular weight excluding hydrogens is 370 g/mol. The molecule has 2 rings (SSSR count). The summed E-state index contributed by atoms with van der Waals surface area (Å²) in [6.45, 7) is 0.625. The van der Waals surface area contributed by atoms with E-state index in [0.717, 1.165) is 12.0 Å². The highest BCUT2D eigenvalue weighted by atomic mass is 16.2. The zero-order chi connectivity index (χ0) is 21.1. The predicted molar refractivity (Wildman–Crippen MR) is 109 cm³/mol. The zero-order valence-corrected chi connectivity index (χ0v) is 16.1. The molecule has 29 heavy (non-hydrogen) atoms. The van der Waals surface area contributed by atoms with Gasteiger partial charge >= 0.3 is 0 Å². The van der Waals surface area contributed by atoms with E-state index in [2.05, 4.69) is 21.9 Å². The van der Waals surface area contributed by atoms with Gasteiger partial charge in [-0.2, -0.15) is 0 Å². The average Bonchev–Trinajstić information content (AvgIpc) is 2.73. The number of aldehydes is 1. The van der Waals surface area contributed by atoms with Crippen LogP contribution in [0.4, 0.5) is 0 Å². The first-order valence-electron chi connectivity index (χ1n) is 9.54. The summed E-state index contributed by atoms with van der Waals surface area (Å²) in [4.78, 5) is 48.0. The first-order valence-corrected chi connectivity index (χ1v) is 9.54. The van der Waals surface area contributed by atoms with Gasteiger partial charge in [-0.3, -0.25) is 14.4 Å². The van der Waals surface area contributed by atoms with Crippen LogP contribution in [-0.4, -0.2) is 42.6 Å². The monoisotopic (exact) mass is 395 g/mol. The van der Waals surface area contributed by atoms with Crippen LogP contribution < -0.4 is 16.0 Å². The lowest BCUT2D eigenvalue weighted by atomic mass is 9.92. The van der Waals surface area contributed by atoms with Gasteiger partial charge in [-0.25, -0.2) is 0 Å². The SMILES string of the molecule is C#CC[C@H](NC(=O)C=Cc1ccccc1)C(=O)N[C@H](C=O)C[C@@H]1CCCNC1=O. The van der Waals surface area contributed by atoms with Crippen molar-refractivity contribution in [3.05, 3.63) is 42.0 Å². The quantitative estimate of drug-likeness (QED) is 0.327. The topological polar surface area (TPSA) is 104 Å². The van der Waals surface area contributed by atoms with Gasteiger partial charge < -0.3 is 20.7 Å². The summed E-state index contributed by atoms with van der Waals surface area (Å²) >= 11 is 0. The molecule has 3 atom stereocenters. The van der Waals surface area contributed by atoms with E-state index in [-0.39, 0.29) is 24.7 Å². The van der Waals surface area contributed by atoms with Gasteiger partial charge in [-0.05, 0) is 30.9 Å². The van der Waals surface area contributed by atoms with Crippen LogP contribution in [0.2, 0.25) is 0 Å². The minimum Gasteiger partial charge on any atom is -0.356 e. The van der Waals surface area contributed by atoms with Crippen LogP contribution in [0.3, 0.4) is 0 Å². The third-order valence-corrected chi connectivity index (χ3v) is 4.61. The lowest BCUT2D eigenvalue weighted by molar-refractivity contribution is -0.130. The number of rotatable bonds is 9. The van der Waals surface area contributed by atoms with Gasteiger partial charge in [-0.15, -0.1) is 12.3 Å². The molecule has 152 valence electrons. The van der Waals surface area contributed by atoms with E-state index in [4.69, 9.17) is 6.42 Å². The number of carbonyl (C=O) groups excluding carboxylic acids is 4. The molecule has 1 saturated heterocycles. The highest BCUT2D eigenvalue weighted by Crippen LogP contribution is 2.17. The Morgan fingerprint density at radius 2 is 2.03 bits per heavy atom. The molecule has 0 radical (unpaired) electrons. The number of hydrogen-bond acceptors (Lipinski definition) is 4. The maximum atomic E-state index is 12.5. The van der Waals surface area contributed by atoms with E-state index >= 15 is 0 Å². The molecule has 0 bridgehead atoms. The van der Waals surface area contributed by atoms with Crippen LogP contribution in [0.1, 0.15) is 31.2 Å². The van der Waals surface area contributed by atoms with Crippen molar-refractivity contribution >= 4 is 30.1 Å². The Morgan fingerprint density at radius 1 is 1.28 bits per heavy atom. The molecule has 7 heteroatoms. The van der Waals surface area contributed by atoms with E-state index < -0.39 is 23.9 Å². The summed E-state index contributed by atoms with van der Waals surface area (Å²) < 4.78 is 0. The molecule has 0 saturated carbocycles. The highest BCUT2D eigenvalue weighted by molar-refractivity contribution is 5.96. The van der Waals surface area contributed by atoms with Gasteiger partial charge in [-0.1, -0.05) is 30.3 Å². The average molecular weight is 395 g/mol. The molecule has 1 heterocycles. The van der Waals surface area contributed by atoms with Crippen LogP contribution in [0.5, 0.6) is 0 Å². The maximum Gasteiger partial charge on any atom is 0.244 e. The minimum absolute atomic E-state index is 0.0216. The van der Waals surface area contributed by atoms with Gasteiger partial charge in [0.05, 0.1) is 6.04 Å². The molecule has 3 N–H and O–H groups in total. The molecule has 1 aromatic rings. The van der Waals surface area contributed by atoms with Gasteiger partial charge in [0.15, 0.2) is 0 Å². The molecule has 0 aliphatic carbocycles. The molecule has 1 aliphatic rings. The first kappa shape index (κ1) is 21.9. The molecule has 1 fully saturated rings. The van der Waals surface area contributed by atoms with E-state index in [1.54, 1.807) is 6.08 Å². The molecule has 0 spiro atoms. The summed E-state index contributed by atoms with van der Waals surface area (Å²) in [6.07, 6.45) is 10.5. The smallest absolute Gasteiger partial charge is 0.244 e. The Balaban J connectivity index is 1.93. The van der Waals surface area contributed by atoms with Crippen LogP contribution in [0.25, 0.3) is 6.08 Å². The van der Waals surface area contributed by atoms with Crippen molar-refractivity contribution in [2.24, 2.45) is 5.92 Å². The normalized spacial score (nSPS) is 18.2. The van der Waals surface area contributed by atoms with Gasteiger partial charge in [0.2, 0.25) is 17.7 Å². The summed E-state index contributed by atoms with van der Waals surface area (Å²) in [5, 5.41) is 7.88.